The Morgan fingerprint density at radius 3 is 2.67 bits per heavy atom. The van der Waals surface area contributed by atoms with E-state index in [0.29, 0.717) is 5.15 Å². The maximum Gasteiger partial charge on any atom is 0.140 e. The first kappa shape index (κ1) is 11.7. The summed E-state index contributed by atoms with van der Waals surface area (Å²) in [6, 6.07) is 6.20. The van der Waals surface area contributed by atoms with Gasteiger partial charge in [-0.15, -0.1) is 0 Å². The summed E-state index contributed by atoms with van der Waals surface area (Å²) in [6.07, 6.45) is 1.50. The molecule has 0 spiro atoms. The number of hydrogen-bond acceptors (Lipinski definition) is 4. The Bertz CT molecular complexity index is 564. The van der Waals surface area contributed by atoms with Crippen LogP contribution in [-0.2, 0) is 0 Å². The molecule has 0 radical (unpaired) electrons. The largest absolute Gasteiger partial charge is 0.369 e. The number of piperazine rings is 1. The summed E-state index contributed by atoms with van der Waals surface area (Å²) in [5.74, 6) is 0. The van der Waals surface area contributed by atoms with Crippen molar-refractivity contribution in [1.29, 1.82) is 0 Å². The number of rotatable bonds is 1. The zero-order chi connectivity index (χ0) is 12.5. The van der Waals surface area contributed by atoms with Gasteiger partial charge < -0.3 is 9.80 Å². The Kier molecular flexibility index (Phi) is 3.06. The monoisotopic (exact) mass is 262 g/mol. The zero-order valence-electron chi connectivity index (χ0n) is 10.3. The van der Waals surface area contributed by atoms with E-state index in [1.165, 1.54) is 12.0 Å². The van der Waals surface area contributed by atoms with Crippen LogP contribution >= 0.6 is 11.6 Å². The van der Waals surface area contributed by atoms with Crippen molar-refractivity contribution in [3.8, 4) is 0 Å². The second kappa shape index (κ2) is 4.71. The lowest BCUT2D eigenvalue weighted by Gasteiger charge is -2.34. The van der Waals surface area contributed by atoms with Crippen LogP contribution in [0.1, 0.15) is 0 Å². The smallest absolute Gasteiger partial charge is 0.140 e. The van der Waals surface area contributed by atoms with Gasteiger partial charge >= 0.3 is 0 Å². The van der Waals surface area contributed by atoms with Crippen LogP contribution in [0, 0.1) is 0 Å². The molecular weight excluding hydrogens is 248 g/mol. The standard InChI is InChI=1S/C13H15ClN4/c1-17-4-6-18(7-5-17)10-2-3-12-11(8-10)13(14)16-9-15-12/h2-3,8-9H,4-7H2,1H3. The summed E-state index contributed by atoms with van der Waals surface area (Å²) in [4.78, 5) is 13.0. The van der Waals surface area contributed by atoms with Gasteiger partial charge in [-0.3, -0.25) is 0 Å². The topological polar surface area (TPSA) is 32.3 Å². The van der Waals surface area contributed by atoms with E-state index < -0.39 is 0 Å². The number of halogens is 1. The van der Waals surface area contributed by atoms with Crippen molar-refractivity contribution in [3.63, 3.8) is 0 Å². The predicted molar refractivity (Wildman–Crippen MR) is 74.3 cm³/mol. The highest BCUT2D eigenvalue weighted by Gasteiger charge is 2.15. The molecule has 0 atom stereocenters. The molecule has 1 fully saturated rings. The van der Waals surface area contributed by atoms with Crippen molar-refractivity contribution >= 4 is 28.2 Å². The van der Waals surface area contributed by atoms with Gasteiger partial charge in [-0.1, -0.05) is 11.6 Å². The van der Waals surface area contributed by atoms with E-state index >= 15 is 0 Å². The molecule has 2 heterocycles. The minimum absolute atomic E-state index is 0.524. The molecule has 1 aromatic heterocycles. The molecular formula is C13H15ClN4. The van der Waals surface area contributed by atoms with Gasteiger partial charge in [0.2, 0.25) is 0 Å². The van der Waals surface area contributed by atoms with Crippen LogP contribution in [0.15, 0.2) is 24.5 Å². The summed E-state index contributed by atoms with van der Waals surface area (Å²) in [5, 5.41) is 1.45. The summed E-state index contributed by atoms with van der Waals surface area (Å²) >= 11 is 6.11. The first-order chi connectivity index (χ1) is 8.74. The molecule has 1 aliphatic heterocycles. The van der Waals surface area contributed by atoms with Gasteiger partial charge in [0.05, 0.1) is 5.52 Å². The number of anilines is 1. The third-order valence-corrected chi connectivity index (χ3v) is 3.74. The van der Waals surface area contributed by atoms with Crippen LogP contribution < -0.4 is 4.90 Å². The number of likely N-dealkylation sites (N-methyl/N-ethyl adjacent to an activating group) is 1. The van der Waals surface area contributed by atoms with Crippen molar-refractivity contribution in [2.45, 2.75) is 0 Å². The van der Waals surface area contributed by atoms with E-state index in [4.69, 9.17) is 11.6 Å². The molecule has 5 heteroatoms. The molecule has 94 valence electrons. The molecule has 0 saturated carbocycles. The third-order valence-electron chi connectivity index (χ3n) is 3.44. The van der Waals surface area contributed by atoms with Crippen LogP contribution in [0.5, 0.6) is 0 Å². The molecule has 1 saturated heterocycles. The van der Waals surface area contributed by atoms with Crippen LogP contribution in [0.2, 0.25) is 5.15 Å². The number of nitrogens with zero attached hydrogens (tertiary/aromatic N) is 4. The lowest BCUT2D eigenvalue weighted by Crippen LogP contribution is -2.44. The predicted octanol–water partition coefficient (Wildman–Crippen LogP) is 2.04. The van der Waals surface area contributed by atoms with Gasteiger partial charge in [-0.2, -0.15) is 0 Å². The molecule has 18 heavy (non-hydrogen) atoms. The van der Waals surface area contributed by atoms with E-state index in [-0.39, 0.29) is 0 Å². The molecule has 1 aliphatic rings. The van der Waals surface area contributed by atoms with Crippen LogP contribution in [0.25, 0.3) is 10.9 Å². The fourth-order valence-electron chi connectivity index (χ4n) is 2.27. The molecule has 1 aromatic carbocycles. The SMILES string of the molecule is CN1CCN(c2ccc3ncnc(Cl)c3c2)CC1. The molecule has 4 nitrogen and oxygen atoms in total. The lowest BCUT2D eigenvalue weighted by molar-refractivity contribution is 0.313. The molecule has 0 aliphatic carbocycles. The van der Waals surface area contributed by atoms with E-state index in [2.05, 4.69) is 38.9 Å². The van der Waals surface area contributed by atoms with E-state index in [1.54, 1.807) is 0 Å². The first-order valence-corrected chi connectivity index (χ1v) is 6.45. The maximum absolute atomic E-state index is 6.11. The second-order valence-electron chi connectivity index (χ2n) is 4.66. The van der Waals surface area contributed by atoms with Gasteiger partial charge in [0.1, 0.15) is 11.5 Å². The summed E-state index contributed by atoms with van der Waals surface area (Å²) in [6.45, 7) is 4.29. The summed E-state index contributed by atoms with van der Waals surface area (Å²) in [7, 11) is 2.16. The number of hydrogen-bond donors (Lipinski definition) is 0. The quantitative estimate of drug-likeness (QED) is 0.737. The normalized spacial score (nSPS) is 17.3. The Labute approximate surface area is 111 Å². The third kappa shape index (κ3) is 2.13. The highest BCUT2D eigenvalue weighted by molar-refractivity contribution is 6.34. The van der Waals surface area contributed by atoms with E-state index in [0.717, 1.165) is 37.1 Å². The highest BCUT2D eigenvalue weighted by Crippen LogP contribution is 2.25. The first-order valence-electron chi connectivity index (χ1n) is 6.08. The summed E-state index contributed by atoms with van der Waals surface area (Å²) in [5.41, 5.74) is 2.10. The van der Waals surface area contributed by atoms with E-state index in [1.807, 2.05) is 6.07 Å². The summed E-state index contributed by atoms with van der Waals surface area (Å²) < 4.78 is 0. The van der Waals surface area contributed by atoms with Gasteiger partial charge in [-0.05, 0) is 25.2 Å². The van der Waals surface area contributed by atoms with Crippen molar-refractivity contribution < 1.29 is 0 Å². The zero-order valence-corrected chi connectivity index (χ0v) is 11.1. The second-order valence-corrected chi connectivity index (χ2v) is 5.01. The minimum atomic E-state index is 0.524. The highest BCUT2D eigenvalue weighted by atomic mass is 35.5. The minimum Gasteiger partial charge on any atom is -0.369 e. The van der Waals surface area contributed by atoms with Crippen LogP contribution in [0.4, 0.5) is 5.69 Å². The lowest BCUT2D eigenvalue weighted by atomic mass is 10.2. The van der Waals surface area contributed by atoms with Gasteiger partial charge in [-0.25, -0.2) is 9.97 Å². The Hall–Kier alpha value is -1.39. The van der Waals surface area contributed by atoms with Crippen molar-refractivity contribution in [3.05, 3.63) is 29.7 Å². The fraction of sp³-hybridized carbons (Fsp3) is 0.385. The molecule has 0 unspecified atom stereocenters. The average molecular weight is 263 g/mol. The number of fused-ring (bicyclic) bond motifs is 1. The average Bonchev–Trinajstić information content (AvgIpc) is 2.40. The maximum atomic E-state index is 6.11. The van der Waals surface area contributed by atoms with Crippen LogP contribution in [-0.4, -0.2) is 48.1 Å². The van der Waals surface area contributed by atoms with Crippen molar-refractivity contribution in [2.75, 3.05) is 38.1 Å². The Morgan fingerprint density at radius 1 is 1.11 bits per heavy atom. The van der Waals surface area contributed by atoms with Crippen molar-refractivity contribution in [1.82, 2.24) is 14.9 Å². The fourth-order valence-corrected chi connectivity index (χ4v) is 2.47. The van der Waals surface area contributed by atoms with Crippen LogP contribution in [0.3, 0.4) is 0 Å². The molecule has 2 aromatic rings. The Balaban J connectivity index is 1.95. The molecule has 0 bridgehead atoms. The van der Waals surface area contributed by atoms with Gasteiger partial charge in [0.15, 0.2) is 0 Å². The number of aromatic nitrogens is 2. The van der Waals surface area contributed by atoms with Gasteiger partial charge in [0, 0.05) is 37.3 Å². The van der Waals surface area contributed by atoms with Crippen molar-refractivity contribution in [2.24, 2.45) is 0 Å². The van der Waals surface area contributed by atoms with E-state index in [9.17, 15) is 0 Å². The number of benzene rings is 1. The Morgan fingerprint density at radius 2 is 1.89 bits per heavy atom. The molecule has 0 amide bonds. The molecule has 0 N–H and O–H groups in total. The molecule has 3 rings (SSSR count). The van der Waals surface area contributed by atoms with Gasteiger partial charge in [0.25, 0.3) is 0 Å².